The fourth-order valence-electron chi connectivity index (χ4n) is 4.04. The van der Waals surface area contributed by atoms with Gasteiger partial charge in [0.2, 0.25) is 0 Å². The van der Waals surface area contributed by atoms with E-state index >= 15 is 0 Å². The van der Waals surface area contributed by atoms with Crippen molar-refractivity contribution in [3.63, 3.8) is 0 Å². The normalized spacial score (nSPS) is 18.6. The van der Waals surface area contributed by atoms with E-state index in [0.717, 1.165) is 50.6 Å². The number of morpholine rings is 1. The highest BCUT2D eigenvalue weighted by Crippen LogP contribution is 2.41. The summed E-state index contributed by atoms with van der Waals surface area (Å²) in [6.45, 7) is 6.29. The van der Waals surface area contributed by atoms with Gasteiger partial charge < -0.3 is 14.6 Å². The molecule has 146 valence electrons. The van der Waals surface area contributed by atoms with E-state index in [0.29, 0.717) is 6.42 Å². The van der Waals surface area contributed by atoms with Crippen molar-refractivity contribution in [3.05, 3.63) is 65.7 Å². The minimum absolute atomic E-state index is 0.00913. The first kappa shape index (κ1) is 19.9. The van der Waals surface area contributed by atoms with Crippen LogP contribution in [0.5, 0.6) is 5.75 Å². The molecule has 0 radical (unpaired) electrons. The molecular formula is C23H31NO3. The molecule has 0 saturated carbocycles. The van der Waals surface area contributed by atoms with Crippen molar-refractivity contribution in [1.82, 2.24) is 4.90 Å². The van der Waals surface area contributed by atoms with Crippen LogP contribution in [0.15, 0.2) is 54.6 Å². The molecule has 27 heavy (non-hydrogen) atoms. The van der Waals surface area contributed by atoms with Crippen LogP contribution in [-0.4, -0.2) is 50.0 Å². The monoisotopic (exact) mass is 369 g/mol. The SMILES string of the molecule is CCC[C@@](O)(c1ccc(OC)cc1)[C@@H](CN1CCOCC1)c1ccccc1. The average molecular weight is 370 g/mol. The number of hydrogen-bond donors (Lipinski definition) is 1. The van der Waals surface area contributed by atoms with Crippen LogP contribution in [0.25, 0.3) is 0 Å². The molecule has 0 amide bonds. The molecule has 1 aliphatic heterocycles. The van der Waals surface area contributed by atoms with Crippen molar-refractivity contribution in [2.45, 2.75) is 31.3 Å². The highest BCUT2D eigenvalue weighted by molar-refractivity contribution is 5.35. The van der Waals surface area contributed by atoms with E-state index in [2.05, 4.69) is 36.1 Å². The zero-order chi connectivity index (χ0) is 19.1. The van der Waals surface area contributed by atoms with Gasteiger partial charge in [-0.3, -0.25) is 4.90 Å². The molecule has 0 aromatic heterocycles. The lowest BCUT2D eigenvalue weighted by Gasteiger charge is -2.41. The maximum atomic E-state index is 12.0. The van der Waals surface area contributed by atoms with E-state index in [1.807, 2.05) is 30.3 Å². The summed E-state index contributed by atoms with van der Waals surface area (Å²) in [5, 5.41) is 12.0. The van der Waals surface area contributed by atoms with E-state index in [1.165, 1.54) is 5.56 Å². The largest absolute Gasteiger partial charge is 0.497 e. The minimum atomic E-state index is -0.930. The molecule has 1 heterocycles. The van der Waals surface area contributed by atoms with E-state index < -0.39 is 5.60 Å². The Morgan fingerprint density at radius 1 is 1.07 bits per heavy atom. The number of ether oxygens (including phenoxy) is 2. The Balaban J connectivity index is 1.98. The Labute approximate surface area is 162 Å². The van der Waals surface area contributed by atoms with Crippen molar-refractivity contribution in [1.29, 1.82) is 0 Å². The van der Waals surface area contributed by atoms with Crippen LogP contribution >= 0.6 is 0 Å². The second kappa shape index (κ2) is 9.36. The third-order valence-electron chi connectivity index (χ3n) is 5.54. The van der Waals surface area contributed by atoms with Crippen LogP contribution in [0.1, 0.15) is 36.8 Å². The Bertz CT molecular complexity index is 683. The van der Waals surface area contributed by atoms with Crippen LogP contribution in [-0.2, 0) is 10.3 Å². The summed E-state index contributed by atoms with van der Waals surface area (Å²) < 4.78 is 10.8. The number of nitrogens with zero attached hydrogens (tertiary/aromatic N) is 1. The molecule has 2 aromatic rings. The van der Waals surface area contributed by atoms with Gasteiger partial charge in [-0.25, -0.2) is 0 Å². The first-order valence-electron chi connectivity index (χ1n) is 9.89. The maximum absolute atomic E-state index is 12.0. The van der Waals surface area contributed by atoms with Crippen molar-refractivity contribution < 1.29 is 14.6 Å². The predicted octanol–water partition coefficient (Wildman–Crippen LogP) is 3.80. The van der Waals surface area contributed by atoms with Crippen LogP contribution in [0.3, 0.4) is 0 Å². The molecule has 4 nitrogen and oxygen atoms in total. The summed E-state index contributed by atoms with van der Waals surface area (Å²) in [6, 6.07) is 18.3. The minimum Gasteiger partial charge on any atom is -0.497 e. The molecule has 1 N–H and O–H groups in total. The summed E-state index contributed by atoms with van der Waals surface area (Å²) in [6.07, 6.45) is 1.62. The highest BCUT2D eigenvalue weighted by atomic mass is 16.5. The standard InChI is InChI=1S/C23H31NO3/c1-3-13-23(25,20-9-11-21(26-2)12-10-20)22(19-7-5-4-6-8-19)18-24-14-16-27-17-15-24/h4-12,22,25H,3,13-18H2,1-2H3/t22-,23+/m0/s1. The van der Waals surface area contributed by atoms with Gasteiger partial charge in [-0.2, -0.15) is 0 Å². The lowest BCUT2D eigenvalue weighted by Crippen LogP contribution is -2.45. The van der Waals surface area contributed by atoms with Crippen LogP contribution in [0, 0.1) is 0 Å². The van der Waals surface area contributed by atoms with Gasteiger partial charge in [0.1, 0.15) is 5.75 Å². The van der Waals surface area contributed by atoms with Crippen LogP contribution < -0.4 is 4.74 Å². The van der Waals surface area contributed by atoms with Gasteiger partial charge in [0.25, 0.3) is 0 Å². The van der Waals surface area contributed by atoms with E-state index in [9.17, 15) is 5.11 Å². The molecule has 1 fully saturated rings. The van der Waals surface area contributed by atoms with Crippen molar-refractivity contribution >= 4 is 0 Å². The molecule has 0 aliphatic carbocycles. The van der Waals surface area contributed by atoms with E-state index in [1.54, 1.807) is 7.11 Å². The maximum Gasteiger partial charge on any atom is 0.118 e. The topological polar surface area (TPSA) is 41.9 Å². The lowest BCUT2D eigenvalue weighted by molar-refractivity contribution is -0.0285. The molecule has 3 rings (SSSR count). The van der Waals surface area contributed by atoms with Crippen LogP contribution in [0.4, 0.5) is 0 Å². The second-order valence-corrected chi connectivity index (χ2v) is 7.28. The molecule has 4 heteroatoms. The molecule has 1 saturated heterocycles. The molecule has 1 aliphatic rings. The van der Waals surface area contributed by atoms with Crippen LogP contribution in [0.2, 0.25) is 0 Å². The first-order valence-corrected chi connectivity index (χ1v) is 9.89. The van der Waals surface area contributed by atoms with Gasteiger partial charge in [0.05, 0.1) is 25.9 Å². The quantitative estimate of drug-likeness (QED) is 0.769. The Hall–Kier alpha value is -1.88. The number of rotatable bonds is 8. The van der Waals surface area contributed by atoms with Gasteiger partial charge in [-0.15, -0.1) is 0 Å². The Kier molecular flexibility index (Phi) is 6.89. The summed E-state index contributed by atoms with van der Waals surface area (Å²) in [4.78, 5) is 2.41. The van der Waals surface area contributed by atoms with Gasteiger partial charge in [0.15, 0.2) is 0 Å². The molecule has 2 atom stereocenters. The third kappa shape index (κ3) is 4.70. The van der Waals surface area contributed by atoms with Gasteiger partial charge >= 0.3 is 0 Å². The number of hydrogen-bond acceptors (Lipinski definition) is 4. The predicted molar refractivity (Wildman–Crippen MR) is 108 cm³/mol. The molecular weight excluding hydrogens is 338 g/mol. The molecule has 2 aromatic carbocycles. The molecule has 0 unspecified atom stereocenters. The van der Waals surface area contributed by atoms with Gasteiger partial charge in [-0.05, 0) is 29.7 Å². The highest BCUT2D eigenvalue weighted by Gasteiger charge is 2.39. The number of benzene rings is 2. The summed E-state index contributed by atoms with van der Waals surface area (Å²) in [5.74, 6) is 0.798. The van der Waals surface area contributed by atoms with E-state index in [4.69, 9.17) is 9.47 Å². The summed E-state index contributed by atoms with van der Waals surface area (Å²) >= 11 is 0. The average Bonchev–Trinajstić information content (AvgIpc) is 2.73. The zero-order valence-electron chi connectivity index (χ0n) is 16.4. The third-order valence-corrected chi connectivity index (χ3v) is 5.54. The zero-order valence-corrected chi connectivity index (χ0v) is 16.4. The fourth-order valence-corrected chi connectivity index (χ4v) is 4.04. The molecule has 0 spiro atoms. The number of methoxy groups -OCH3 is 1. The molecule has 0 bridgehead atoms. The Morgan fingerprint density at radius 3 is 2.33 bits per heavy atom. The van der Waals surface area contributed by atoms with Gasteiger partial charge in [0, 0.05) is 25.6 Å². The summed E-state index contributed by atoms with van der Waals surface area (Å²) in [7, 11) is 1.67. The smallest absolute Gasteiger partial charge is 0.118 e. The van der Waals surface area contributed by atoms with Gasteiger partial charge in [-0.1, -0.05) is 55.8 Å². The number of aliphatic hydroxyl groups is 1. The fraction of sp³-hybridized carbons (Fsp3) is 0.478. The Morgan fingerprint density at radius 2 is 1.74 bits per heavy atom. The first-order chi connectivity index (χ1) is 13.2. The van der Waals surface area contributed by atoms with Crippen molar-refractivity contribution in [2.24, 2.45) is 0 Å². The van der Waals surface area contributed by atoms with E-state index in [-0.39, 0.29) is 5.92 Å². The second-order valence-electron chi connectivity index (χ2n) is 7.28. The van der Waals surface area contributed by atoms with Crippen molar-refractivity contribution in [2.75, 3.05) is 40.0 Å². The van der Waals surface area contributed by atoms with Crippen molar-refractivity contribution in [3.8, 4) is 5.75 Å². The lowest BCUT2D eigenvalue weighted by atomic mass is 9.74. The summed E-state index contributed by atoms with van der Waals surface area (Å²) in [5.41, 5.74) is 1.20.